The number of furan rings is 1. The Kier molecular flexibility index (Phi) is 4.41. The van der Waals surface area contributed by atoms with Crippen LogP contribution in [-0.4, -0.2) is 5.91 Å². The van der Waals surface area contributed by atoms with E-state index in [2.05, 4.69) is 37.4 Å². The Morgan fingerprint density at radius 3 is 2.55 bits per heavy atom. The van der Waals surface area contributed by atoms with Crippen molar-refractivity contribution in [1.82, 2.24) is 5.32 Å². The molecule has 1 amide bonds. The lowest BCUT2D eigenvalue weighted by molar-refractivity contribution is -0.117. The molecule has 1 unspecified atom stereocenters. The van der Waals surface area contributed by atoms with Gasteiger partial charge in [0.05, 0.1) is 12.3 Å². The summed E-state index contributed by atoms with van der Waals surface area (Å²) >= 11 is 0. The predicted octanol–water partition coefficient (Wildman–Crippen LogP) is 3.79. The van der Waals surface area contributed by atoms with E-state index in [1.54, 1.807) is 24.5 Å². The maximum Gasteiger partial charge on any atom is 0.244 e. The van der Waals surface area contributed by atoms with E-state index in [1.807, 2.05) is 6.92 Å². The van der Waals surface area contributed by atoms with E-state index >= 15 is 0 Å². The van der Waals surface area contributed by atoms with Gasteiger partial charge in [-0.25, -0.2) is 0 Å². The number of rotatable bonds is 4. The largest absolute Gasteiger partial charge is 0.465 e. The second kappa shape index (κ2) is 6.24. The molecule has 3 nitrogen and oxygen atoms in total. The molecule has 0 aliphatic rings. The van der Waals surface area contributed by atoms with Gasteiger partial charge in [-0.1, -0.05) is 29.3 Å². The first-order chi connectivity index (χ1) is 9.54. The average molecular weight is 269 g/mol. The number of amides is 1. The molecule has 3 heteroatoms. The van der Waals surface area contributed by atoms with Crippen molar-refractivity contribution in [1.29, 1.82) is 0 Å². The molecule has 0 aliphatic heterocycles. The molecule has 1 heterocycles. The van der Waals surface area contributed by atoms with Crippen molar-refractivity contribution in [3.05, 3.63) is 65.1 Å². The van der Waals surface area contributed by atoms with Crippen molar-refractivity contribution in [3.63, 3.8) is 0 Å². The van der Waals surface area contributed by atoms with Crippen molar-refractivity contribution in [2.75, 3.05) is 0 Å². The summed E-state index contributed by atoms with van der Waals surface area (Å²) in [5.41, 5.74) is 3.52. The van der Waals surface area contributed by atoms with Crippen LogP contribution in [0.15, 0.2) is 47.1 Å². The third kappa shape index (κ3) is 3.85. The zero-order valence-corrected chi connectivity index (χ0v) is 12.0. The van der Waals surface area contributed by atoms with Gasteiger partial charge in [-0.3, -0.25) is 4.79 Å². The molecule has 1 atom stereocenters. The Balaban J connectivity index is 2.00. The van der Waals surface area contributed by atoms with Crippen LogP contribution in [-0.2, 0) is 4.79 Å². The number of carbonyl (C=O) groups excluding carboxylic acids is 1. The Morgan fingerprint density at radius 2 is 1.95 bits per heavy atom. The fourth-order valence-corrected chi connectivity index (χ4v) is 2.15. The number of hydrogen-bond acceptors (Lipinski definition) is 2. The zero-order valence-electron chi connectivity index (χ0n) is 12.0. The third-order valence-corrected chi connectivity index (χ3v) is 3.04. The summed E-state index contributed by atoms with van der Waals surface area (Å²) in [6, 6.07) is 9.87. The van der Waals surface area contributed by atoms with Crippen LogP contribution in [0.1, 0.15) is 35.4 Å². The van der Waals surface area contributed by atoms with E-state index in [1.165, 1.54) is 17.2 Å². The fraction of sp³-hybridized carbons (Fsp3) is 0.235. The molecule has 0 spiro atoms. The molecule has 1 aromatic heterocycles. The zero-order chi connectivity index (χ0) is 14.5. The Bertz CT molecular complexity index is 592. The van der Waals surface area contributed by atoms with E-state index in [9.17, 15) is 4.79 Å². The van der Waals surface area contributed by atoms with Gasteiger partial charge in [-0.2, -0.15) is 0 Å². The Hall–Kier alpha value is -2.29. The minimum absolute atomic E-state index is 0.0256. The molecule has 104 valence electrons. The summed E-state index contributed by atoms with van der Waals surface area (Å²) in [7, 11) is 0. The highest BCUT2D eigenvalue weighted by atomic mass is 16.3. The van der Waals surface area contributed by atoms with Gasteiger partial charge in [0.15, 0.2) is 0 Å². The van der Waals surface area contributed by atoms with Crippen LogP contribution < -0.4 is 5.32 Å². The molecule has 0 aliphatic carbocycles. The minimum Gasteiger partial charge on any atom is -0.465 e. The highest BCUT2D eigenvalue weighted by Gasteiger charge is 2.08. The molecular formula is C17H19NO2. The highest BCUT2D eigenvalue weighted by molar-refractivity contribution is 5.91. The highest BCUT2D eigenvalue weighted by Crippen LogP contribution is 2.16. The second-order valence-corrected chi connectivity index (χ2v) is 5.00. The van der Waals surface area contributed by atoms with E-state index in [0.29, 0.717) is 5.76 Å². The standard InChI is InChI=1S/C17H19NO2/c1-12-9-13(2)11-15(10-12)14(3)18-17(19)7-6-16-5-4-8-20-16/h4-11,14H,1-3H3,(H,18,19)/b7-6+. The first-order valence-electron chi connectivity index (χ1n) is 6.65. The first kappa shape index (κ1) is 14.1. The summed E-state index contributed by atoms with van der Waals surface area (Å²) in [5.74, 6) is 0.535. The number of carbonyl (C=O) groups is 1. The molecule has 0 saturated carbocycles. The monoisotopic (exact) mass is 269 g/mol. The van der Waals surface area contributed by atoms with Crippen molar-refractivity contribution in [2.45, 2.75) is 26.8 Å². The quantitative estimate of drug-likeness (QED) is 0.858. The second-order valence-electron chi connectivity index (χ2n) is 5.00. The number of hydrogen-bond donors (Lipinski definition) is 1. The van der Waals surface area contributed by atoms with Crippen LogP contribution in [0.4, 0.5) is 0 Å². The van der Waals surface area contributed by atoms with Crippen LogP contribution in [0, 0.1) is 13.8 Å². The van der Waals surface area contributed by atoms with Gasteiger partial charge < -0.3 is 9.73 Å². The van der Waals surface area contributed by atoms with E-state index in [0.717, 1.165) is 5.56 Å². The van der Waals surface area contributed by atoms with Gasteiger partial charge in [0, 0.05) is 6.08 Å². The van der Waals surface area contributed by atoms with Crippen LogP contribution in [0.3, 0.4) is 0 Å². The van der Waals surface area contributed by atoms with Crippen molar-refractivity contribution in [2.24, 2.45) is 0 Å². The first-order valence-corrected chi connectivity index (χ1v) is 6.65. The average Bonchev–Trinajstić information content (AvgIpc) is 2.88. The predicted molar refractivity (Wildman–Crippen MR) is 80.2 cm³/mol. The third-order valence-electron chi connectivity index (χ3n) is 3.04. The molecule has 2 rings (SSSR count). The fourth-order valence-electron chi connectivity index (χ4n) is 2.15. The lowest BCUT2D eigenvalue weighted by Gasteiger charge is -2.14. The summed E-state index contributed by atoms with van der Waals surface area (Å²) < 4.78 is 5.14. The summed E-state index contributed by atoms with van der Waals surface area (Å²) in [6.45, 7) is 6.09. The molecule has 2 aromatic rings. The van der Waals surface area contributed by atoms with Gasteiger partial charge in [0.1, 0.15) is 5.76 Å². The Morgan fingerprint density at radius 1 is 1.25 bits per heavy atom. The molecule has 20 heavy (non-hydrogen) atoms. The maximum atomic E-state index is 11.9. The van der Waals surface area contributed by atoms with E-state index < -0.39 is 0 Å². The van der Waals surface area contributed by atoms with Gasteiger partial charge in [0.25, 0.3) is 0 Å². The topological polar surface area (TPSA) is 42.2 Å². The minimum atomic E-state index is -0.131. The summed E-state index contributed by atoms with van der Waals surface area (Å²) in [6.07, 6.45) is 4.72. The van der Waals surface area contributed by atoms with Crippen LogP contribution in [0.5, 0.6) is 0 Å². The number of benzene rings is 1. The lowest BCUT2D eigenvalue weighted by atomic mass is 10.0. The molecule has 0 saturated heterocycles. The van der Waals surface area contributed by atoms with Crippen molar-refractivity contribution in [3.8, 4) is 0 Å². The van der Waals surface area contributed by atoms with Crippen LogP contribution in [0.2, 0.25) is 0 Å². The molecule has 0 fully saturated rings. The van der Waals surface area contributed by atoms with Crippen molar-refractivity contribution < 1.29 is 9.21 Å². The van der Waals surface area contributed by atoms with E-state index in [-0.39, 0.29) is 11.9 Å². The maximum absolute atomic E-state index is 11.9. The normalized spacial score (nSPS) is 12.6. The molecular weight excluding hydrogens is 250 g/mol. The molecule has 0 radical (unpaired) electrons. The number of aryl methyl sites for hydroxylation is 2. The number of nitrogens with one attached hydrogen (secondary N) is 1. The van der Waals surface area contributed by atoms with Gasteiger partial charge in [-0.05, 0) is 44.5 Å². The molecule has 1 aromatic carbocycles. The summed E-state index contributed by atoms with van der Waals surface area (Å²) in [4.78, 5) is 11.9. The van der Waals surface area contributed by atoms with Crippen molar-refractivity contribution >= 4 is 12.0 Å². The van der Waals surface area contributed by atoms with Gasteiger partial charge >= 0.3 is 0 Å². The van der Waals surface area contributed by atoms with Gasteiger partial charge in [0.2, 0.25) is 5.91 Å². The molecule has 1 N–H and O–H groups in total. The van der Waals surface area contributed by atoms with Crippen LogP contribution in [0.25, 0.3) is 6.08 Å². The van der Waals surface area contributed by atoms with Crippen LogP contribution >= 0.6 is 0 Å². The Labute approximate surface area is 119 Å². The smallest absolute Gasteiger partial charge is 0.244 e. The molecule has 0 bridgehead atoms. The lowest BCUT2D eigenvalue weighted by Crippen LogP contribution is -2.24. The summed E-state index contributed by atoms with van der Waals surface area (Å²) in [5, 5.41) is 2.95. The SMILES string of the molecule is Cc1cc(C)cc(C(C)NC(=O)/C=C/c2ccco2)c1. The van der Waals surface area contributed by atoms with Gasteiger partial charge in [-0.15, -0.1) is 0 Å². The van der Waals surface area contributed by atoms with E-state index in [4.69, 9.17) is 4.42 Å².